The fourth-order valence-corrected chi connectivity index (χ4v) is 7.13. The molecule has 0 aliphatic heterocycles. The Bertz CT molecular complexity index is 619. The molecule has 0 aliphatic rings. The third kappa shape index (κ3) is 35.7. The van der Waals surface area contributed by atoms with Crippen molar-refractivity contribution in [1.29, 1.82) is 0 Å². The maximum atomic E-state index is 6.29. The second kappa shape index (κ2) is 44.3. The minimum Gasteiger partial charge on any atom is -0.327 e. The van der Waals surface area contributed by atoms with Crippen LogP contribution in [0.1, 0.15) is 273 Å². The van der Waals surface area contributed by atoms with Crippen molar-refractivity contribution in [1.82, 2.24) is 0 Å². The van der Waals surface area contributed by atoms with E-state index in [4.69, 9.17) is 28.4 Å². The van der Waals surface area contributed by atoms with Crippen LogP contribution < -0.4 is 0 Å². The Morgan fingerprint density at radius 1 is 0.196 bits per heavy atom. The van der Waals surface area contributed by atoms with E-state index in [2.05, 4.69) is 41.5 Å². The molecule has 0 spiro atoms. The summed E-state index contributed by atoms with van der Waals surface area (Å²) >= 11 is 0. The summed E-state index contributed by atoms with van der Waals surface area (Å²) in [6, 6.07) is 0. The lowest BCUT2D eigenvalue weighted by atomic mass is 10.0. The lowest BCUT2D eigenvalue weighted by Gasteiger charge is -2.33. The maximum absolute atomic E-state index is 6.29. The summed E-state index contributed by atoms with van der Waals surface area (Å²) in [6.45, 7) is 17.6. The molecular formula is C50H102O6. The summed E-state index contributed by atoms with van der Waals surface area (Å²) in [5, 5.41) is 0. The largest absolute Gasteiger partial charge is 0.327 e. The van der Waals surface area contributed by atoms with Crippen LogP contribution in [0.25, 0.3) is 0 Å². The van der Waals surface area contributed by atoms with Gasteiger partial charge in [0, 0.05) is 12.8 Å². The zero-order valence-corrected chi connectivity index (χ0v) is 39.1. The SMILES string of the molecule is CCCCOC(CCCCCCCCCCCCCCCCCCCCCCCCC(OCCCC)(OCCCC)OCCCC)(OCCCC)OCCCC. The Morgan fingerprint density at radius 2 is 0.339 bits per heavy atom. The van der Waals surface area contributed by atoms with Crippen LogP contribution in [0.5, 0.6) is 0 Å². The number of unbranched alkanes of at least 4 members (excludes halogenated alkanes) is 27. The van der Waals surface area contributed by atoms with Crippen LogP contribution in [0.15, 0.2) is 0 Å². The van der Waals surface area contributed by atoms with E-state index in [1.807, 2.05) is 0 Å². The van der Waals surface area contributed by atoms with Crippen molar-refractivity contribution < 1.29 is 28.4 Å². The Labute approximate surface area is 351 Å². The molecule has 0 saturated heterocycles. The normalized spacial score (nSPS) is 12.3. The van der Waals surface area contributed by atoms with Crippen molar-refractivity contribution in [2.45, 2.75) is 285 Å². The zero-order chi connectivity index (χ0) is 40.9. The zero-order valence-electron chi connectivity index (χ0n) is 39.1. The Balaban J connectivity index is 3.84. The molecule has 0 radical (unpaired) electrons. The van der Waals surface area contributed by atoms with Crippen LogP contribution in [0, 0.1) is 0 Å². The highest BCUT2D eigenvalue weighted by Gasteiger charge is 2.34. The fraction of sp³-hybridized carbons (Fsp3) is 1.00. The van der Waals surface area contributed by atoms with E-state index in [9.17, 15) is 0 Å². The molecule has 0 aliphatic carbocycles. The first-order valence-electron chi connectivity index (χ1n) is 25.4. The molecule has 6 heteroatoms. The Morgan fingerprint density at radius 3 is 0.482 bits per heavy atom. The van der Waals surface area contributed by atoms with Crippen LogP contribution in [-0.4, -0.2) is 51.6 Å². The maximum Gasteiger partial charge on any atom is 0.282 e. The quantitative estimate of drug-likeness (QED) is 0.0451. The summed E-state index contributed by atoms with van der Waals surface area (Å²) in [5.74, 6) is -1.65. The second-order valence-electron chi connectivity index (χ2n) is 16.9. The average molecular weight is 799 g/mol. The minimum absolute atomic E-state index is 0.723. The molecule has 0 heterocycles. The smallest absolute Gasteiger partial charge is 0.282 e. The van der Waals surface area contributed by atoms with Gasteiger partial charge in [0.25, 0.3) is 11.9 Å². The lowest BCUT2D eigenvalue weighted by molar-refractivity contribution is -0.384. The molecule has 0 N–H and O–H groups in total. The highest BCUT2D eigenvalue weighted by atomic mass is 16.9. The van der Waals surface area contributed by atoms with Gasteiger partial charge in [-0.3, -0.25) is 0 Å². The van der Waals surface area contributed by atoms with E-state index in [1.165, 1.54) is 128 Å². The molecule has 0 rings (SSSR count). The van der Waals surface area contributed by atoms with Gasteiger partial charge < -0.3 is 28.4 Å². The van der Waals surface area contributed by atoms with Gasteiger partial charge >= 0.3 is 0 Å². The first-order valence-corrected chi connectivity index (χ1v) is 25.4. The van der Waals surface area contributed by atoms with E-state index < -0.39 is 11.9 Å². The third-order valence-corrected chi connectivity index (χ3v) is 11.1. The Hall–Kier alpha value is -0.240. The summed E-state index contributed by atoms with van der Waals surface area (Å²) < 4.78 is 37.8. The van der Waals surface area contributed by atoms with E-state index in [0.717, 1.165) is 142 Å². The molecule has 0 aromatic heterocycles. The predicted molar refractivity (Wildman–Crippen MR) is 241 cm³/mol. The van der Waals surface area contributed by atoms with Crippen LogP contribution in [0.2, 0.25) is 0 Å². The van der Waals surface area contributed by atoms with E-state index >= 15 is 0 Å². The van der Waals surface area contributed by atoms with Gasteiger partial charge in [-0.1, -0.05) is 208 Å². The number of ether oxygens (including phenoxy) is 6. The average Bonchev–Trinajstić information content (AvgIpc) is 3.20. The number of rotatable bonds is 49. The monoisotopic (exact) mass is 799 g/mol. The molecule has 0 unspecified atom stereocenters. The molecule has 0 atom stereocenters. The van der Waals surface area contributed by atoms with Crippen LogP contribution >= 0.6 is 0 Å². The summed E-state index contributed by atoms with van der Waals surface area (Å²) in [6.07, 6.45) is 44.8. The fourth-order valence-electron chi connectivity index (χ4n) is 7.13. The second-order valence-corrected chi connectivity index (χ2v) is 16.9. The number of hydrogen-bond donors (Lipinski definition) is 0. The molecule has 0 aromatic carbocycles. The van der Waals surface area contributed by atoms with Crippen molar-refractivity contribution in [3.05, 3.63) is 0 Å². The molecular weight excluding hydrogens is 697 g/mol. The van der Waals surface area contributed by atoms with Crippen LogP contribution in [0.4, 0.5) is 0 Å². The van der Waals surface area contributed by atoms with Gasteiger partial charge in [-0.15, -0.1) is 0 Å². The van der Waals surface area contributed by atoms with Crippen molar-refractivity contribution in [2.75, 3.05) is 39.6 Å². The van der Waals surface area contributed by atoms with Gasteiger partial charge in [0.05, 0.1) is 39.6 Å². The van der Waals surface area contributed by atoms with Crippen molar-refractivity contribution in [3.63, 3.8) is 0 Å². The van der Waals surface area contributed by atoms with Crippen molar-refractivity contribution in [2.24, 2.45) is 0 Å². The molecule has 0 amide bonds. The van der Waals surface area contributed by atoms with Gasteiger partial charge in [-0.25, -0.2) is 0 Å². The first-order chi connectivity index (χ1) is 27.6. The standard InChI is InChI=1S/C50H102O6/c1-7-13-43-51-49(52-44-14-8-2,53-45-15-9-3)41-39-37-35-33-31-29-27-25-23-21-19-20-22-24-26-28-30-32-34-36-38-40-42-50(54-46-16-10-4,55-47-17-11-5)56-48-18-12-6/h7-48H2,1-6H3. The van der Waals surface area contributed by atoms with Gasteiger partial charge in [0.2, 0.25) is 0 Å². The first kappa shape index (κ1) is 55.8. The van der Waals surface area contributed by atoms with Crippen LogP contribution in [-0.2, 0) is 28.4 Å². The molecule has 338 valence electrons. The number of hydrogen-bond acceptors (Lipinski definition) is 6. The van der Waals surface area contributed by atoms with Gasteiger partial charge in [0.15, 0.2) is 0 Å². The highest BCUT2D eigenvalue weighted by Crippen LogP contribution is 2.27. The van der Waals surface area contributed by atoms with Gasteiger partial charge in [-0.2, -0.15) is 0 Å². The molecule has 0 aromatic rings. The third-order valence-electron chi connectivity index (χ3n) is 11.1. The van der Waals surface area contributed by atoms with E-state index in [-0.39, 0.29) is 0 Å². The summed E-state index contributed by atoms with van der Waals surface area (Å²) in [4.78, 5) is 0. The summed E-state index contributed by atoms with van der Waals surface area (Å²) in [7, 11) is 0. The molecule has 0 saturated carbocycles. The molecule has 0 fully saturated rings. The molecule has 6 nitrogen and oxygen atoms in total. The Kier molecular flexibility index (Phi) is 44.1. The van der Waals surface area contributed by atoms with Crippen molar-refractivity contribution >= 4 is 0 Å². The lowest BCUT2D eigenvalue weighted by Crippen LogP contribution is -2.40. The van der Waals surface area contributed by atoms with E-state index in [0.29, 0.717) is 0 Å². The highest BCUT2D eigenvalue weighted by molar-refractivity contribution is 4.63. The minimum atomic E-state index is -0.826. The molecule has 56 heavy (non-hydrogen) atoms. The summed E-state index contributed by atoms with van der Waals surface area (Å²) in [5.41, 5.74) is 0. The predicted octanol–water partition coefficient (Wildman–Crippen LogP) is 16.6. The van der Waals surface area contributed by atoms with Gasteiger partial charge in [-0.05, 0) is 51.4 Å². The van der Waals surface area contributed by atoms with Crippen molar-refractivity contribution in [3.8, 4) is 0 Å². The van der Waals surface area contributed by atoms with Crippen LogP contribution in [0.3, 0.4) is 0 Å². The van der Waals surface area contributed by atoms with Gasteiger partial charge in [0.1, 0.15) is 0 Å². The van der Waals surface area contributed by atoms with E-state index in [1.54, 1.807) is 0 Å². The molecule has 0 bridgehead atoms. The topological polar surface area (TPSA) is 55.4 Å².